The number of nitrogens with one attached hydrogen (secondary N) is 2. The lowest BCUT2D eigenvalue weighted by atomic mass is 10.2. The molecule has 8 nitrogen and oxygen atoms in total. The predicted octanol–water partition coefficient (Wildman–Crippen LogP) is 2.35. The van der Waals surface area contributed by atoms with Gasteiger partial charge in [-0.3, -0.25) is 9.59 Å². The van der Waals surface area contributed by atoms with Crippen molar-refractivity contribution < 1.29 is 4.79 Å². The van der Waals surface area contributed by atoms with Gasteiger partial charge in [-0.1, -0.05) is 24.3 Å². The van der Waals surface area contributed by atoms with Crippen molar-refractivity contribution in [3.05, 3.63) is 77.0 Å². The third-order valence-corrected chi connectivity index (χ3v) is 5.01. The van der Waals surface area contributed by atoms with Gasteiger partial charge in [0.15, 0.2) is 0 Å². The summed E-state index contributed by atoms with van der Waals surface area (Å²) >= 11 is 0. The molecule has 3 aromatic heterocycles. The number of carbonyl (C=O) groups excluding carboxylic acids is 1. The number of para-hydroxylation sites is 3. The highest BCUT2D eigenvalue weighted by molar-refractivity contribution is 6.00. The van der Waals surface area contributed by atoms with E-state index < -0.39 is 0 Å². The first kappa shape index (κ1) is 17.2. The summed E-state index contributed by atoms with van der Waals surface area (Å²) in [5.41, 5.74) is 3.20. The molecule has 29 heavy (non-hydrogen) atoms. The second-order valence-electron chi connectivity index (χ2n) is 6.83. The van der Waals surface area contributed by atoms with Crippen molar-refractivity contribution in [3.8, 4) is 0 Å². The van der Waals surface area contributed by atoms with E-state index in [1.807, 2.05) is 42.7 Å². The van der Waals surface area contributed by atoms with Gasteiger partial charge < -0.3 is 14.9 Å². The Bertz CT molecular complexity index is 1410. The van der Waals surface area contributed by atoms with Crippen molar-refractivity contribution in [3.63, 3.8) is 0 Å². The molecule has 0 unspecified atom stereocenters. The predicted molar refractivity (Wildman–Crippen MR) is 110 cm³/mol. The Morgan fingerprint density at radius 2 is 1.86 bits per heavy atom. The summed E-state index contributed by atoms with van der Waals surface area (Å²) in [6, 6.07) is 15.1. The van der Waals surface area contributed by atoms with Gasteiger partial charge in [-0.25, -0.2) is 9.50 Å². The highest BCUT2D eigenvalue weighted by Gasteiger charge is 2.15. The number of imidazole rings is 1. The Kier molecular flexibility index (Phi) is 4.09. The molecular formula is C21H18N6O2. The first-order chi connectivity index (χ1) is 14.2. The lowest BCUT2D eigenvalue weighted by molar-refractivity contribution is 0.0954. The molecule has 2 aromatic carbocycles. The van der Waals surface area contributed by atoms with E-state index in [0.717, 1.165) is 24.0 Å². The van der Waals surface area contributed by atoms with Crippen LogP contribution in [0.25, 0.3) is 27.6 Å². The van der Waals surface area contributed by atoms with E-state index in [1.165, 1.54) is 6.20 Å². The molecule has 0 aliphatic heterocycles. The Morgan fingerprint density at radius 3 is 2.76 bits per heavy atom. The van der Waals surface area contributed by atoms with Crippen LogP contribution < -0.4 is 10.9 Å². The van der Waals surface area contributed by atoms with E-state index in [9.17, 15) is 9.59 Å². The molecule has 0 aliphatic carbocycles. The van der Waals surface area contributed by atoms with Gasteiger partial charge in [0.1, 0.15) is 11.2 Å². The van der Waals surface area contributed by atoms with Crippen LogP contribution in [0.5, 0.6) is 0 Å². The van der Waals surface area contributed by atoms with Gasteiger partial charge in [0, 0.05) is 13.1 Å². The number of aryl methyl sites for hydroxylation is 1. The number of benzene rings is 2. The fourth-order valence-electron chi connectivity index (χ4n) is 3.58. The molecule has 8 heteroatoms. The lowest BCUT2D eigenvalue weighted by Crippen LogP contribution is -2.25. The topological polar surface area (TPSA) is 97.1 Å². The van der Waals surface area contributed by atoms with Crippen LogP contribution >= 0.6 is 0 Å². The number of nitrogens with zero attached hydrogens (tertiary/aromatic N) is 4. The summed E-state index contributed by atoms with van der Waals surface area (Å²) < 4.78 is 3.66. The fraction of sp³-hybridized carbons (Fsp3) is 0.143. The average molecular weight is 386 g/mol. The van der Waals surface area contributed by atoms with Crippen molar-refractivity contribution in [1.82, 2.24) is 29.5 Å². The number of rotatable bonds is 5. The maximum atomic E-state index is 12.6. The van der Waals surface area contributed by atoms with Crippen LogP contribution in [0.15, 0.2) is 65.8 Å². The minimum Gasteiger partial charge on any atom is -0.352 e. The van der Waals surface area contributed by atoms with Crippen molar-refractivity contribution >= 4 is 33.5 Å². The first-order valence-electron chi connectivity index (χ1n) is 9.39. The number of aromatic nitrogens is 5. The molecule has 0 saturated carbocycles. The Hall–Kier alpha value is -3.94. The van der Waals surface area contributed by atoms with Crippen LogP contribution in [0.2, 0.25) is 0 Å². The lowest BCUT2D eigenvalue weighted by Gasteiger charge is -2.06. The average Bonchev–Trinajstić information content (AvgIpc) is 3.36. The fourth-order valence-corrected chi connectivity index (χ4v) is 3.58. The molecule has 144 valence electrons. The van der Waals surface area contributed by atoms with E-state index in [2.05, 4.69) is 25.0 Å². The van der Waals surface area contributed by atoms with Gasteiger partial charge in [0.25, 0.3) is 11.5 Å². The maximum Gasteiger partial charge on any atom is 0.259 e. The highest BCUT2D eigenvalue weighted by Crippen LogP contribution is 2.14. The largest absolute Gasteiger partial charge is 0.352 e. The van der Waals surface area contributed by atoms with E-state index in [1.54, 1.807) is 16.6 Å². The zero-order valence-electron chi connectivity index (χ0n) is 15.5. The molecule has 0 saturated heterocycles. The van der Waals surface area contributed by atoms with Crippen LogP contribution in [-0.2, 0) is 6.54 Å². The molecule has 0 radical (unpaired) electrons. The Balaban J connectivity index is 1.31. The van der Waals surface area contributed by atoms with E-state index in [4.69, 9.17) is 0 Å². The third kappa shape index (κ3) is 2.94. The minimum atomic E-state index is -0.263. The summed E-state index contributed by atoms with van der Waals surface area (Å²) in [5.74, 6) is -0.263. The van der Waals surface area contributed by atoms with Crippen molar-refractivity contribution in [2.45, 2.75) is 13.0 Å². The number of aromatic amines is 1. The Morgan fingerprint density at radius 1 is 1.07 bits per heavy atom. The molecule has 0 aliphatic rings. The zero-order chi connectivity index (χ0) is 19.8. The summed E-state index contributed by atoms with van der Waals surface area (Å²) in [6.07, 6.45) is 4.05. The standard InChI is InChI=1S/C21H18N6O2/c28-20(22-10-5-11-26-13-23-16-7-2-4-9-18(16)26)15-12-24-27-17-8-3-1-6-14(17)21(29)25-19(15)27/h1-4,6-9,12-13H,5,10-11H2,(H,22,28)(H,25,29). The van der Waals surface area contributed by atoms with Crippen molar-refractivity contribution in [2.75, 3.05) is 6.54 Å². The van der Waals surface area contributed by atoms with Gasteiger partial charge in [0.05, 0.1) is 34.5 Å². The van der Waals surface area contributed by atoms with Crippen LogP contribution in [0.1, 0.15) is 16.8 Å². The molecule has 0 bridgehead atoms. The monoisotopic (exact) mass is 386 g/mol. The summed E-state index contributed by atoms with van der Waals surface area (Å²) in [5, 5.41) is 7.72. The Labute approximate surface area is 164 Å². The molecule has 0 spiro atoms. The minimum absolute atomic E-state index is 0.241. The first-order valence-corrected chi connectivity index (χ1v) is 9.39. The molecule has 0 atom stereocenters. The molecule has 1 amide bonds. The van der Waals surface area contributed by atoms with Gasteiger partial charge in [-0.05, 0) is 30.7 Å². The smallest absolute Gasteiger partial charge is 0.259 e. The van der Waals surface area contributed by atoms with Crippen LogP contribution in [0.4, 0.5) is 0 Å². The van der Waals surface area contributed by atoms with E-state index in [0.29, 0.717) is 28.7 Å². The van der Waals surface area contributed by atoms with Gasteiger partial charge in [-0.2, -0.15) is 5.10 Å². The van der Waals surface area contributed by atoms with Crippen LogP contribution in [-0.4, -0.2) is 36.6 Å². The molecule has 0 fully saturated rings. The number of H-pyrrole nitrogens is 1. The van der Waals surface area contributed by atoms with Gasteiger partial charge in [-0.15, -0.1) is 0 Å². The SMILES string of the molecule is O=C(NCCCn1cnc2ccccc21)c1cnn2c1[nH]c(=O)c1ccccc12. The maximum absolute atomic E-state index is 12.6. The number of hydrogen-bond donors (Lipinski definition) is 2. The molecular weight excluding hydrogens is 368 g/mol. The molecule has 2 N–H and O–H groups in total. The number of carbonyl (C=O) groups is 1. The third-order valence-electron chi connectivity index (χ3n) is 5.01. The van der Waals surface area contributed by atoms with Gasteiger partial charge in [0.2, 0.25) is 0 Å². The number of amides is 1. The summed E-state index contributed by atoms with van der Waals surface area (Å²) in [7, 11) is 0. The summed E-state index contributed by atoms with van der Waals surface area (Å²) in [6.45, 7) is 1.25. The van der Waals surface area contributed by atoms with Crippen molar-refractivity contribution in [2.24, 2.45) is 0 Å². The van der Waals surface area contributed by atoms with Gasteiger partial charge >= 0.3 is 0 Å². The second kappa shape index (κ2) is 6.90. The van der Waals surface area contributed by atoms with Crippen LogP contribution in [0.3, 0.4) is 0 Å². The zero-order valence-corrected chi connectivity index (χ0v) is 15.5. The quantitative estimate of drug-likeness (QED) is 0.453. The van der Waals surface area contributed by atoms with Crippen molar-refractivity contribution in [1.29, 1.82) is 0 Å². The number of fused-ring (bicyclic) bond motifs is 4. The summed E-state index contributed by atoms with van der Waals surface area (Å²) in [4.78, 5) is 32.1. The molecule has 5 aromatic rings. The van der Waals surface area contributed by atoms with E-state index >= 15 is 0 Å². The molecule has 5 rings (SSSR count). The normalized spacial score (nSPS) is 11.4. The van der Waals surface area contributed by atoms with Crippen LogP contribution in [0, 0.1) is 0 Å². The highest BCUT2D eigenvalue weighted by atomic mass is 16.2. The van der Waals surface area contributed by atoms with E-state index in [-0.39, 0.29) is 11.5 Å². The molecule has 3 heterocycles. The second-order valence-corrected chi connectivity index (χ2v) is 6.83. The number of hydrogen-bond acceptors (Lipinski definition) is 4.